The van der Waals surface area contributed by atoms with E-state index in [1.165, 1.54) is 193 Å². The zero-order chi connectivity index (χ0) is 52.9. The minimum absolute atomic E-state index is 0.0748. The van der Waals surface area contributed by atoms with Crippen LogP contribution in [0.25, 0.3) is 0 Å². The average Bonchev–Trinajstić information content (AvgIpc) is 3.39. The number of esters is 3. The van der Waals surface area contributed by atoms with Gasteiger partial charge in [0.2, 0.25) is 0 Å². The van der Waals surface area contributed by atoms with Gasteiger partial charge in [0.25, 0.3) is 0 Å². The molecule has 0 saturated carbocycles. The number of allylic oxidation sites excluding steroid dienone is 10. The maximum Gasteiger partial charge on any atom is 0.306 e. The molecule has 0 N–H and O–H groups in total. The molecule has 0 amide bonds. The molecule has 73 heavy (non-hydrogen) atoms. The highest BCUT2D eigenvalue weighted by Gasteiger charge is 2.19. The maximum atomic E-state index is 12.9. The molecule has 0 aromatic heterocycles. The largest absolute Gasteiger partial charge is 0.462 e. The Balaban J connectivity index is 4.17. The molecular formula is C67H120O6. The summed E-state index contributed by atoms with van der Waals surface area (Å²) in [6, 6.07) is 0. The van der Waals surface area contributed by atoms with Crippen molar-refractivity contribution in [3.63, 3.8) is 0 Å². The van der Waals surface area contributed by atoms with E-state index in [4.69, 9.17) is 14.2 Å². The minimum atomic E-state index is -0.777. The summed E-state index contributed by atoms with van der Waals surface area (Å²) in [5, 5.41) is 0. The summed E-state index contributed by atoms with van der Waals surface area (Å²) in [4.78, 5) is 38.1. The maximum absolute atomic E-state index is 12.9. The first-order valence-electron chi connectivity index (χ1n) is 31.8. The molecule has 0 spiro atoms. The molecule has 0 aromatic rings. The third-order valence-electron chi connectivity index (χ3n) is 14.0. The van der Waals surface area contributed by atoms with Crippen LogP contribution in [0.2, 0.25) is 0 Å². The number of hydrogen-bond donors (Lipinski definition) is 0. The lowest BCUT2D eigenvalue weighted by atomic mass is 10.0. The van der Waals surface area contributed by atoms with Crippen LogP contribution in [0.5, 0.6) is 0 Å². The van der Waals surface area contributed by atoms with E-state index < -0.39 is 6.10 Å². The smallest absolute Gasteiger partial charge is 0.306 e. The predicted octanol–water partition coefficient (Wildman–Crippen LogP) is 21.6. The highest BCUT2D eigenvalue weighted by Crippen LogP contribution is 2.17. The quantitative estimate of drug-likeness (QED) is 0.0261. The Labute approximate surface area is 453 Å². The van der Waals surface area contributed by atoms with Gasteiger partial charge in [0.1, 0.15) is 13.2 Å². The van der Waals surface area contributed by atoms with Crippen LogP contribution in [-0.4, -0.2) is 37.2 Å². The summed E-state index contributed by atoms with van der Waals surface area (Å²) in [5.41, 5.74) is 0. The van der Waals surface area contributed by atoms with Crippen molar-refractivity contribution in [2.75, 3.05) is 13.2 Å². The number of carbonyl (C=O) groups excluding carboxylic acids is 3. The second-order valence-corrected chi connectivity index (χ2v) is 21.3. The van der Waals surface area contributed by atoms with Crippen LogP contribution in [0.15, 0.2) is 60.8 Å². The first-order chi connectivity index (χ1) is 36.0. The first kappa shape index (κ1) is 70.1. The van der Waals surface area contributed by atoms with Crippen LogP contribution in [0.4, 0.5) is 0 Å². The van der Waals surface area contributed by atoms with Crippen molar-refractivity contribution in [3.8, 4) is 0 Å². The van der Waals surface area contributed by atoms with Crippen LogP contribution in [-0.2, 0) is 28.6 Å². The van der Waals surface area contributed by atoms with Gasteiger partial charge in [-0.15, -0.1) is 0 Å². The van der Waals surface area contributed by atoms with Gasteiger partial charge in [-0.1, -0.05) is 306 Å². The van der Waals surface area contributed by atoms with Crippen molar-refractivity contribution in [2.45, 2.75) is 335 Å². The fraction of sp³-hybridized carbons (Fsp3) is 0.806. The van der Waals surface area contributed by atoms with E-state index in [1.54, 1.807) is 0 Å². The van der Waals surface area contributed by atoms with Gasteiger partial charge in [-0.2, -0.15) is 0 Å². The second kappa shape index (κ2) is 61.7. The van der Waals surface area contributed by atoms with Gasteiger partial charge in [0, 0.05) is 19.3 Å². The Bertz CT molecular complexity index is 1310. The van der Waals surface area contributed by atoms with Gasteiger partial charge < -0.3 is 14.2 Å². The summed E-state index contributed by atoms with van der Waals surface area (Å²) in [6.45, 7) is 6.53. The molecule has 6 heteroatoms. The van der Waals surface area contributed by atoms with E-state index in [0.717, 1.165) is 96.3 Å². The van der Waals surface area contributed by atoms with Crippen molar-refractivity contribution >= 4 is 17.9 Å². The van der Waals surface area contributed by atoms with Gasteiger partial charge >= 0.3 is 17.9 Å². The SMILES string of the molecule is CC/C=C\C/C=C\C/C=C\C/C=C\C/C=C\CCCCCCCCCC(=O)OC(COC(=O)CCCCCCCCCC)COC(=O)CCCCCCCCCCCCCCCCCCCCCCCCCC. The molecular weight excluding hydrogens is 901 g/mol. The Kier molecular flexibility index (Phi) is 59.2. The summed E-state index contributed by atoms with van der Waals surface area (Å²) < 4.78 is 16.9. The van der Waals surface area contributed by atoms with Crippen molar-refractivity contribution in [1.29, 1.82) is 0 Å². The summed E-state index contributed by atoms with van der Waals surface area (Å²) >= 11 is 0. The zero-order valence-corrected chi connectivity index (χ0v) is 48.7. The molecule has 1 atom stereocenters. The molecule has 0 aliphatic rings. The Morgan fingerprint density at radius 3 is 0.836 bits per heavy atom. The number of hydrogen-bond acceptors (Lipinski definition) is 6. The summed E-state index contributed by atoms with van der Waals surface area (Å²) in [5.74, 6) is -0.873. The molecule has 0 aliphatic heterocycles. The highest BCUT2D eigenvalue weighted by molar-refractivity contribution is 5.71. The van der Waals surface area contributed by atoms with Gasteiger partial charge in [-0.25, -0.2) is 0 Å². The lowest BCUT2D eigenvalue weighted by Crippen LogP contribution is -2.30. The molecule has 0 aromatic carbocycles. The second-order valence-electron chi connectivity index (χ2n) is 21.3. The Morgan fingerprint density at radius 2 is 0.534 bits per heavy atom. The molecule has 424 valence electrons. The van der Waals surface area contributed by atoms with E-state index in [-0.39, 0.29) is 31.1 Å². The third-order valence-corrected chi connectivity index (χ3v) is 14.0. The number of ether oxygens (including phenoxy) is 3. The van der Waals surface area contributed by atoms with Crippen LogP contribution >= 0.6 is 0 Å². The number of carbonyl (C=O) groups is 3. The molecule has 6 nitrogen and oxygen atoms in total. The summed E-state index contributed by atoms with van der Waals surface area (Å²) in [6.07, 6.45) is 78.2. The van der Waals surface area contributed by atoms with E-state index in [0.29, 0.717) is 19.3 Å². The molecule has 0 aliphatic carbocycles. The fourth-order valence-corrected chi connectivity index (χ4v) is 9.30. The van der Waals surface area contributed by atoms with Crippen LogP contribution in [0, 0.1) is 0 Å². The molecule has 0 fully saturated rings. The van der Waals surface area contributed by atoms with E-state index >= 15 is 0 Å². The topological polar surface area (TPSA) is 78.9 Å². The molecule has 0 heterocycles. The minimum Gasteiger partial charge on any atom is -0.462 e. The number of unbranched alkanes of at least 4 members (excludes halogenated alkanes) is 37. The molecule has 0 saturated heterocycles. The highest BCUT2D eigenvalue weighted by atomic mass is 16.6. The van der Waals surface area contributed by atoms with Crippen LogP contribution in [0.1, 0.15) is 329 Å². The Hall–Kier alpha value is -2.89. The molecule has 1 unspecified atom stereocenters. The van der Waals surface area contributed by atoms with Crippen molar-refractivity contribution in [3.05, 3.63) is 60.8 Å². The van der Waals surface area contributed by atoms with E-state index in [2.05, 4.69) is 81.5 Å². The van der Waals surface area contributed by atoms with Gasteiger partial charge in [0.15, 0.2) is 6.10 Å². The lowest BCUT2D eigenvalue weighted by Gasteiger charge is -2.18. The van der Waals surface area contributed by atoms with Crippen molar-refractivity contribution < 1.29 is 28.6 Å². The molecule has 0 radical (unpaired) electrons. The molecule has 0 bridgehead atoms. The monoisotopic (exact) mass is 1020 g/mol. The summed E-state index contributed by atoms with van der Waals surface area (Å²) in [7, 11) is 0. The number of rotatable bonds is 58. The van der Waals surface area contributed by atoms with Crippen LogP contribution in [0.3, 0.4) is 0 Å². The predicted molar refractivity (Wildman–Crippen MR) is 316 cm³/mol. The Morgan fingerprint density at radius 1 is 0.288 bits per heavy atom. The fourth-order valence-electron chi connectivity index (χ4n) is 9.30. The van der Waals surface area contributed by atoms with E-state index in [9.17, 15) is 14.4 Å². The zero-order valence-electron chi connectivity index (χ0n) is 48.7. The third kappa shape index (κ3) is 59.9. The van der Waals surface area contributed by atoms with Crippen LogP contribution < -0.4 is 0 Å². The average molecular weight is 1020 g/mol. The normalized spacial score (nSPS) is 12.4. The van der Waals surface area contributed by atoms with Crippen molar-refractivity contribution in [1.82, 2.24) is 0 Å². The lowest BCUT2D eigenvalue weighted by molar-refractivity contribution is -0.167. The van der Waals surface area contributed by atoms with Gasteiger partial charge in [-0.3, -0.25) is 14.4 Å². The van der Waals surface area contributed by atoms with Gasteiger partial charge in [-0.05, 0) is 64.2 Å². The van der Waals surface area contributed by atoms with E-state index in [1.807, 2.05) is 0 Å². The molecule has 0 rings (SSSR count). The van der Waals surface area contributed by atoms with Gasteiger partial charge in [0.05, 0.1) is 0 Å². The standard InChI is InChI=1S/C67H120O6/c1-4-7-10-13-16-19-21-23-25-27-29-31-33-35-36-38-40-42-44-46-48-51-54-57-60-66(69)72-63-64(62-71-65(68)59-56-53-50-18-15-12-9-6-3)73-67(70)61-58-55-52-49-47-45-43-41-39-37-34-32-30-28-26-24-22-20-17-14-11-8-5-2/h8,11,17,20,24,26,30,32,37,39,64H,4-7,9-10,12-16,18-19,21-23,25,27-29,31,33-36,38,40-63H2,1-3H3/b11-8-,20-17-,26-24-,32-30-,39-37-. The first-order valence-corrected chi connectivity index (χ1v) is 31.8. The van der Waals surface area contributed by atoms with Crippen molar-refractivity contribution in [2.24, 2.45) is 0 Å².